The lowest BCUT2D eigenvalue weighted by atomic mass is 9.96. The van der Waals surface area contributed by atoms with Crippen molar-refractivity contribution in [1.82, 2.24) is 10.2 Å². The van der Waals surface area contributed by atoms with E-state index in [4.69, 9.17) is 4.74 Å². The molecule has 3 rings (SSSR count). The normalized spacial score (nSPS) is 23.6. The fourth-order valence-electron chi connectivity index (χ4n) is 4.11. The van der Waals surface area contributed by atoms with Crippen LogP contribution in [-0.2, 0) is 25.5 Å². The molecule has 3 atom stereocenters. The predicted octanol–water partition coefficient (Wildman–Crippen LogP) is -2.75. The number of hydrogen-bond acceptors (Lipinski definition) is 5. The van der Waals surface area contributed by atoms with Crippen molar-refractivity contribution < 1.29 is 48.0 Å². The minimum atomic E-state index is -0.631. The average molecular weight is 561 g/mol. The molecule has 0 bridgehead atoms. The fourth-order valence-corrected chi connectivity index (χ4v) is 5.73. The number of hydrogen-bond donors (Lipinski definition) is 2. The first-order valence-electron chi connectivity index (χ1n) is 10.6. The van der Waals surface area contributed by atoms with Crippen LogP contribution < -0.4 is 34.2 Å². The number of quaternary nitrogens is 1. The topological polar surface area (TPSA) is 80.2 Å². The first-order valence-corrected chi connectivity index (χ1v) is 11.5. The molecule has 0 aliphatic carbocycles. The third kappa shape index (κ3) is 5.73. The van der Waals surface area contributed by atoms with E-state index in [0.717, 1.165) is 25.2 Å². The van der Waals surface area contributed by atoms with Crippen molar-refractivity contribution >= 4 is 29.5 Å². The Kier molecular flexibility index (Phi) is 9.20. The van der Waals surface area contributed by atoms with E-state index < -0.39 is 16.8 Å². The van der Waals surface area contributed by atoms with Gasteiger partial charge in [-0.1, -0.05) is 30.3 Å². The van der Waals surface area contributed by atoms with Gasteiger partial charge in [-0.2, -0.15) is 0 Å². The predicted molar refractivity (Wildman–Crippen MR) is 116 cm³/mol. The highest BCUT2D eigenvalue weighted by Gasteiger charge is 2.64. The van der Waals surface area contributed by atoms with Crippen molar-refractivity contribution in [3.8, 4) is 0 Å². The zero-order valence-electron chi connectivity index (χ0n) is 18.5. The molecular weight excluding hydrogens is 529 g/mol. The average Bonchev–Trinajstić information content (AvgIpc) is 2.98. The summed E-state index contributed by atoms with van der Waals surface area (Å²) in [5.41, 5.74) is 0.898. The van der Waals surface area contributed by atoms with Gasteiger partial charge in [-0.3, -0.25) is 9.59 Å². The van der Waals surface area contributed by atoms with Crippen molar-refractivity contribution in [1.29, 1.82) is 0 Å². The molecule has 7 nitrogen and oxygen atoms in total. The summed E-state index contributed by atoms with van der Waals surface area (Å²) < 4.78 is 5.06. The van der Waals surface area contributed by atoms with Crippen molar-refractivity contribution in [3.63, 3.8) is 0 Å². The van der Waals surface area contributed by atoms with Crippen molar-refractivity contribution in [3.05, 3.63) is 35.9 Å². The first-order chi connectivity index (χ1) is 14.3. The van der Waals surface area contributed by atoms with Crippen LogP contribution in [0.1, 0.15) is 33.3 Å². The number of carbonyl (C=O) groups is 3. The Balaban J connectivity index is 0.00000341. The van der Waals surface area contributed by atoms with E-state index in [-0.39, 0.29) is 53.6 Å². The second kappa shape index (κ2) is 11.0. The van der Waals surface area contributed by atoms with Crippen LogP contribution in [0.25, 0.3) is 0 Å². The Morgan fingerprint density at radius 1 is 1.19 bits per heavy atom. The molecule has 0 saturated carbocycles. The lowest BCUT2D eigenvalue weighted by Crippen LogP contribution is -3.11. The molecule has 1 unspecified atom stereocenters. The second-order valence-corrected chi connectivity index (χ2v) is 10.1. The number of benzene rings is 1. The Hall–Kier alpha value is -1.33. The highest BCUT2D eigenvalue weighted by molar-refractivity contribution is 8.01. The SMILES string of the molecule is CC[NH+](CC)CCOC(=O)[C@@H]1N2C(=O)C(NC(=O)Cc3ccccc3)[C@H]2SC1(C)C.[I-]. The molecule has 0 radical (unpaired) electrons. The first kappa shape index (κ1) is 25.9. The number of fused-ring (bicyclic) bond motifs is 1. The maximum absolute atomic E-state index is 12.8. The van der Waals surface area contributed by atoms with E-state index in [2.05, 4.69) is 19.2 Å². The van der Waals surface area contributed by atoms with Crippen LogP contribution in [-0.4, -0.2) is 71.1 Å². The number of carbonyl (C=O) groups excluding carboxylic acids is 3. The molecule has 0 aromatic heterocycles. The minimum absolute atomic E-state index is 0. The van der Waals surface area contributed by atoms with Gasteiger partial charge in [0.1, 0.15) is 30.6 Å². The van der Waals surface area contributed by atoms with Crippen molar-refractivity contribution in [2.45, 2.75) is 56.3 Å². The Bertz CT molecular complexity index is 788. The summed E-state index contributed by atoms with van der Waals surface area (Å²) in [7, 11) is 0. The van der Waals surface area contributed by atoms with E-state index in [9.17, 15) is 14.4 Å². The molecule has 2 N–H and O–H groups in total. The Labute approximate surface area is 205 Å². The highest BCUT2D eigenvalue weighted by atomic mass is 127. The zero-order valence-corrected chi connectivity index (χ0v) is 21.5. The molecule has 2 amide bonds. The Morgan fingerprint density at radius 3 is 2.45 bits per heavy atom. The number of esters is 1. The molecular formula is C22H32IN3O4S. The summed E-state index contributed by atoms with van der Waals surface area (Å²) in [5, 5.41) is 2.61. The van der Waals surface area contributed by atoms with Gasteiger partial charge in [0.05, 0.1) is 19.5 Å². The molecule has 2 saturated heterocycles. The largest absolute Gasteiger partial charge is 1.00 e. The van der Waals surface area contributed by atoms with Crippen LogP contribution in [0.4, 0.5) is 0 Å². The standard InChI is InChI=1S/C22H31N3O4S.HI/c1-5-24(6-2)12-13-29-21(28)18-22(3,4)30-20-17(19(27)25(18)20)23-16(26)14-15-10-8-7-9-11-15;/h7-11,17-18,20H,5-6,12-14H2,1-4H3,(H,23,26);1H/t17?,18-,20+;/m0./s1. The van der Waals surface area contributed by atoms with E-state index in [1.165, 1.54) is 4.90 Å². The maximum atomic E-state index is 12.8. The van der Waals surface area contributed by atoms with Crippen LogP contribution in [0.5, 0.6) is 0 Å². The van der Waals surface area contributed by atoms with Crippen LogP contribution in [0.15, 0.2) is 30.3 Å². The summed E-state index contributed by atoms with van der Waals surface area (Å²) >= 11 is 1.55. The number of halogens is 1. The monoisotopic (exact) mass is 561 g/mol. The third-order valence-electron chi connectivity index (χ3n) is 5.89. The molecule has 31 heavy (non-hydrogen) atoms. The second-order valence-electron chi connectivity index (χ2n) is 8.34. The van der Waals surface area contributed by atoms with Crippen molar-refractivity contribution in [2.24, 2.45) is 0 Å². The van der Waals surface area contributed by atoms with Gasteiger partial charge in [-0.25, -0.2) is 4.79 Å². The molecule has 2 aliphatic heterocycles. The maximum Gasteiger partial charge on any atom is 0.330 e. The summed E-state index contributed by atoms with van der Waals surface area (Å²) in [6, 6.07) is 8.20. The number of β-lactam (4-membered cyclic amide) rings is 1. The van der Waals surface area contributed by atoms with Gasteiger partial charge in [-0.05, 0) is 33.3 Å². The summed E-state index contributed by atoms with van der Waals surface area (Å²) in [6.07, 6.45) is 0.227. The van der Waals surface area contributed by atoms with Gasteiger partial charge in [0.15, 0.2) is 0 Å². The lowest BCUT2D eigenvalue weighted by molar-refractivity contribution is -0.896. The number of nitrogens with zero attached hydrogens (tertiary/aromatic N) is 1. The smallest absolute Gasteiger partial charge is 0.330 e. The van der Waals surface area contributed by atoms with Gasteiger partial charge in [0.2, 0.25) is 11.8 Å². The Morgan fingerprint density at radius 2 is 1.84 bits per heavy atom. The van der Waals surface area contributed by atoms with Crippen LogP contribution >= 0.6 is 11.8 Å². The number of rotatable bonds is 9. The van der Waals surface area contributed by atoms with Crippen molar-refractivity contribution in [2.75, 3.05) is 26.2 Å². The summed E-state index contributed by atoms with van der Waals surface area (Å²) in [4.78, 5) is 40.9. The zero-order chi connectivity index (χ0) is 21.9. The van der Waals surface area contributed by atoms with Gasteiger partial charge >= 0.3 is 5.97 Å². The quantitative estimate of drug-likeness (QED) is 0.194. The highest BCUT2D eigenvalue weighted by Crippen LogP contribution is 2.51. The summed E-state index contributed by atoms with van der Waals surface area (Å²) in [6.45, 7) is 11.2. The number of thioether (sulfide) groups is 1. The fraction of sp³-hybridized carbons (Fsp3) is 0.591. The molecule has 2 aliphatic rings. The molecule has 0 spiro atoms. The van der Waals surface area contributed by atoms with E-state index in [1.807, 2.05) is 44.2 Å². The molecule has 1 aromatic rings. The number of nitrogens with one attached hydrogen (secondary N) is 2. The van der Waals surface area contributed by atoms with Crippen LogP contribution in [0.2, 0.25) is 0 Å². The van der Waals surface area contributed by atoms with Gasteiger partial charge in [0, 0.05) is 4.75 Å². The number of ether oxygens (including phenoxy) is 1. The third-order valence-corrected chi connectivity index (χ3v) is 7.46. The molecule has 172 valence electrons. The molecule has 1 aromatic carbocycles. The molecule has 9 heteroatoms. The summed E-state index contributed by atoms with van der Waals surface area (Å²) in [5.74, 6) is -0.759. The lowest BCUT2D eigenvalue weighted by Gasteiger charge is -2.44. The minimum Gasteiger partial charge on any atom is -1.00 e. The van der Waals surface area contributed by atoms with E-state index in [0.29, 0.717) is 6.61 Å². The van der Waals surface area contributed by atoms with E-state index >= 15 is 0 Å². The number of likely N-dealkylation sites (N-methyl/N-ethyl adjacent to an activating group) is 1. The van der Waals surface area contributed by atoms with Crippen LogP contribution in [0.3, 0.4) is 0 Å². The molecule has 2 fully saturated rings. The van der Waals surface area contributed by atoms with E-state index in [1.54, 1.807) is 16.7 Å². The van der Waals surface area contributed by atoms with Gasteiger partial charge < -0.3 is 43.8 Å². The molecule has 2 heterocycles. The van der Waals surface area contributed by atoms with Gasteiger partial charge in [-0.15, -0.1) is 11.8 Å². The van der Waals surface area contributed by atoms with Gasteiger partial charge in [0.25, 0.3) is 0 Å². The van der Waals surface area contributed by atoms with Crippen LogP contribution in [0, 0.1) is 0 Å². The number of amides is 2.